The van der Waals surface area contributed by atoms with Gasteiger partial charge in [-0.1, -0.05) is 18.2 Å². The Labute approximate surface area is 110 Å². The van der Waals surface area contributed by atoms with Crippen LogP contribution in [0.2, 0.25) is 0 Å². The number of para-hydroxylation sites is 1. The maximum Gasteiger partial charge on any atom is 0.0688 e. The Morgan fingerprint density at radius 1 is 0.842 bits per heavy atom. The zero-order valence-electron chi connectivity index (χ0n) is 10.3. The molecule has 3 N–H and O–H groups in total. The van der Waals surface area contributed by atoms with Gasteiger partial charge in [0.1, 0.15) is 0 Å². The molecule has 0 bridgehead atoms. The third-order valence-electron chi connectivity index (χ3n) is 3.57. The monoisotopic (exact) mass is 247 g/mol. The number of H-pyrrole nitrogens is 1. The number of aromatic nitrogens is 2. The number of fused-ring (bicyclic) bond motifs is 3. The van der Waals surface area contributed by atoms with Gasteiger partial charge in [0, 0.05) is 34.2 Å². The number of hydrogen-bond acceptors (Lipinski definition) is 1. The maximum absolute atomic E-state index is 6.38. The number of nitrogens with two attached hydrogens (primary N) is 1. The fraction of sp³-hybridized carbons (Fsp3) is 0. The van der Waals surface area contributed by atoms with E-state index >= 15 is 0 Å². The largest absolute Gasteiger partial charge is 0.396 e. The summed E-state index contributed by atoms with van der Waals surface area (Å²) in [6.07, 6.45) is 4.01. The molecule has 2 heterocycles. The van der Waals surface area contributed by atoms with Crippen LogP contribution in [0.15, 0.2) is 60.9 Å². The zero-order valence-corrected chi connectivity index (χ0v) is 10.3. The second-order valence-corrected chi connectivity index (χ2v) is 4.68. The van der Waals surface area contributed by atoms with Crippen molar-refractivity contribution in [3.63, 3.8) is 0 Å². The Morgan fingerprint density at radius 2 is 1.63 bits per heavy atom. The third-order valence-corrected chi connectivity index (χ3v) is 3.57. The molecule has 0 unspecified atom stereocenters. The van der Waals surface area contributed by atoms with Crippen LogP contribution in [-0.2, 0) is 0 Å². The van der Waals surface area contributed by atoms with Gasteiger partial charge in [-0.15, -0.1) is 0 Å². The van der Waals surface area contributed by atoms with Crippen LogP contribution in [0.5, 0.6) is 0 Å². The van der Waals surface area contributed by atoms with Gasteiger partial charge in [-0.25, -0.2) is 0 Å². The molecule has 0 amide bonds. The topological polar surface area (TPSA) is 46.7 Å². The van der Waals surface area contributed by atoms with Crippen LogP contribution in [0.3, 0.4) is 0 Å². The molecule has 0 spiro atoms. The average molecular weight is 247 g/mol. The number of hydrogen-bond donors (Lipinski definition) is 2. The molecule has 2 aromatic heterocycles. The van der Waals surface area contributed by atoms with Crippen molar-refractivity contribution in [2.45, 2.75) is 0 Å². The van der Waals surface area contributed by atoms with Crippen molar-refractivity contribution in [2.75, 3.05) is 5.73 Å². The fourth-order valence-corrected chi connectivity index (χ4v) is 2.68. The van der Waals surface area contributed by atoms with Crippen LogP contribution < -0.4 is 5.73 Å². The molecule has 0 atom stereocenters. The SMILES string of the molecule is Nc1c(-n2cccc2)ccc2[nH]c3ccccc3c12. The van der Waals surface area contributed by atoms with E-state index in [1.165, 1.54) is 5.39 Å². The van der Waals surface area contributed by atoms with E-state index in [0.29, 0.717) is 0 Å². The highest BCUT2D eigenvalue weighted by atomic mass is 15.0. The summed E-state index contributed by atoms with van der Waals surface area (Å²) in [5, 5.41) is 2.27. The highest BCUT2D eigenvalue weighted by molar-refractivity contribution is 6.14. The second-order valence-electron chi connectivity index (χ2n) is 4.68. The zero-order chi connectivity index (χ0) is 12.8. The van der Waals surface area contributed by atoms with Crippen molar-refractivity contribution < 1.29 is 0 Å². The van der Waals surface area contributed by atoms with Crippen LogP contribution in [0, 0.1) is 0 Å². The predicted octanol–water partition coefficient (Wildman–Crippen LogP) is 3.69. The Bertz CT molecular complexity index is 870. The van der Waals surface area contributed by atoms with Crippen LogP contribution in [0.4, 0.5) is 5.69 Å². The summed E-state index contributed by atoms with van der Waals surface area (Å²) in [6.45, 7) is 0. The lowest BCUT2D eigenvalue weighted by Gasteiger charge is -2.08. The minimum Gasteiger partial charge on any atom is -0.396 e. The maximum atomic E-state index is 6.38. The van der Waals surface area contributed by atoms with Crippen molar-refractivity contribution in [3.8, 4) is 5.69 Å². The molecule has 92 valence electrons. The van der Waals surface area contributed by atoms with Gasteiger partial charge in [0.25, 0.3) is 0 Å². The summed E-state index contributed by atoms with van der Waals surface area (Å²) < 4.78 is 2.04. The first kappa shape index (κ1) is 10.3. The van der Waals surface area contributed by atoms with Crippen molar-refractivity contribution in [1.82, 2.24) is 9.55 Å². The number of nitrogens with one attached hydrogen (secondary N) is 1. The van der Waals surface area contributed by atoms with Crippen molar-refractivity contribution in [1.29, 1.82) is 0 Å². The van der Waals surface area contributed by atoms with Crippen LogP contribution >= 0.6 is 0 Å². The number of benzene rings is 2. The number of nitrogens with zero attached hydrogens (tertiary/aromatic N) is 1. The summed E-state index contributed by atoms with van der Waals surface area (Å²) in [5.74, 6) is 0. The molecule has 0 saturated carbocycles. The fourth-order valence-electron chi connectivity index (χ4n) is 2.68. The standard InChI is InChI=1S/C16H13N3/c17-16-14(19-9-3-4-10-19)8-7-13-15(16)11-5-1-2-6-12(11)18-13/h1-10,18H,17H2. The average Bonchev–Trinajstić information content (AvgIpc) is 3.05. The predicted molar refractivity (Wildman–Crippen MR) is 79.5 cm³/mol. The summed E-state index contributed by atoms with van der Waals surface area (Å²) in [4.78, 5) is 3.40. The second kappa shape index (κ2) is 3.65. The summed E-state index contributed by atoms with van der Waals surface area (Å²) >= 11 is 0. The Balaban J connectivity index is 2.14. The highest BCUT2D eigenvalue weighted by Gasteiger charge is 2.10. The van der Waals surface area contributed by atoms with Gasteiger partial charge >= 0.3 is 0 Å². The first-order valence-electron chi connectivity index (χ1n) is 6.27. The molecular weight excluding hydrogens is 234 g/mol. The van der Waals surface area contributed by atoms with Gasteiger partial charge in [-0.2, -0.15) is 0 Å². The van der Waals surface area contributed by atoms with E-state index in [-0.39, 0.29) is 0 Å². The lowest BCUT2D eigenvalue weighted by atomic mass is 10.1. The normalized spacial score (nSPS) is 11.4. The van der Waals surface area contributed by atoms with E-state index in [2.05, 4.69) is 23.2 Å². The number of anilines is 1. The summed E-state index contributed by atoms with van der Waals surface area (Å²) in [6, 6.07) is 16.4. The van der Waals surface area contributed by atoms with Crippen LogP contribution in [-0.4, -0.2) is 9.55 Å². The van der Waals surface area contributed by atoms with E-state index in [9.17, 15) is 0 Å². The first-order chi connectivity index (χ1) is 9.34. The van der Waals surface area contributed by atoms with Crippen LogP contribution in [0.25, 0.3) is 27.5 Å². The number of aromatic amines is 1. The highest BCUT2D eigenvalue weighted by Crippen LogP contribution is 2.33. The number of rotatable bonds is 1. The van der Waals surface area contributed by atoms with Crippen molar-refractivity contribution >= 4 is 27.5 Å². The van der Waals surface area contributed by atoms with Gasteiger partial charge in [-0.05, 0) is 30.3 Å². The molecule has 4 rings (SSSR count). The molecule has 19 heavy (non-hydrogen) atoms. The first-order valence-corrected chi connectivity index (χ1v) is 6.27. The van der Waals surface area contributed by atoms with E-state index in [1.54, 1.807) is 0 Å². The molecule has 0 saturated heterocycles. The molecule has 4 aromatic rings. The quantitative estimate of drug-likeness (QED) is 0.495. The number of nitrogen functional groups attached to an aromatic ring is 1. The summed E-state index contributed by atoms with van der Waals surface area (Å²) in [5.41, 5.74) is 10.4. The van der Waals surface area contributed by atoms with E-state index in [0.717, 1.165) is 27.8 Å². The molecule has 0 aliphatic heterocycles. The van der Waals surface area contributed by atoms with Gasteiger partial charge in [0.2, 0.25) is 0 Å². The minimum atomic E-state index is 0.811. The molecule has 2 aromatic carbocycles. The third kappa shape index (κ3) is 1.38. The summed E-state index contributed by atoms with van der Waals surface area (Å²) in [7, 11) is 0. The Morgan fingerprint density at radius 3 is 2.47 bits per heavy atom. The molecule has 0 radical (unpaired) electrons. The van der Waals surface area contributed by atoms with E-state index in [4.69, 9.17) is 5.73 Å². The van der Waals surface area contributed by atoms with Gasteiger partial charge in [0.15, 0.2) is 0 Å². The van der Waals surface area contributed by atoms with Gasteiger partial charge in [-0.3, -0.25) is 0 Å². The molecule has 0 fully saturated rings. The van der Waals surface area contributed by atoms with Gasteiger partial charge in [0.05, 0.1) is 11.4 Å². The van der Waals surface area contributed by atoms with Crippen molar-refractivity contribution in [3.05, 3.63) is 60.9 Å². The molecule has 3 heteroatoms. The smallest absolute Gasteiger partial charge is 0.0688 e. The van der Waals surface area contributed by atoms with E-state index in [1.807, 2.05) is 47.3 Å². The molecule has 3 nitrogen and oxygen atoms in total. The van der Waals surface area contributed by atoms with Crippen molar-refractivity contribution in [2.24, 2.45) is 0 Å². The Kier molecular flexibility index (Phi) is 1.97. The Hall–Kier alpha value is -2.68. The lowest BCUT2D eigenvalue weighted by molar-refractivity contribution is 1.09. The van der Waals surface area contributed by atoms with Crippen LogP contribution in [0.1, 0.15) is 0 Å². The van der Waals surface area contributed by atoms with Gasteiger partial charge < -0.3 is 15.3 Å². The minimum absolute atomic E-state index is 0.811. The molecule has 0 aliphatic carbocycles. The molecule has 0 aliphatic rings. The lowest BCUT2D eigenvalue weighted by Crippen LogP contribution is -1.97. The molecular formula is C16H13N3. The van der Waals surface area contributed by atoms with E-state index < -0.39 is 0 Å².